The van der Waals surface area contributed by atoms with Crippen LogP contribution in [0.2, 0.25) is 0 Å². The Balaban J connectivity index is 1.89. The minimum Gasteiger partial charge on any atom is -0.235 e. The summed E-state index contributed by atoms with van der Waals surface area (Å²) in [4.78, 5) is 0. The van der Waals surface area contributed by atoms with Crippen molar-refractivity contribution in [3.8, 4) is 0 Å². The number of rotatable bonds is 0. The van der Waals surface area contributed by atoms with Gasteiger partial charge in [0.2, 0.25) is 0 Å². The van der Waals surface area contributed by atoms with Gasteiger partial charge in [0.1, 0.15) is 0 Å². The van der Waals surface area contributed by atoms with E-state index in [9.17, 15) is 0 Å². The van der Waals surface area contributed by atoms with Crippen LogP contribution in [0.3, 0.4) is 0 Å². The van der Waals surface area contributed by atoms with Crippen molar-refractivity contribution in [2.75, 3.05) is 6.54 Å². The molecule has 0 spiro atoms. The topological polar surface area (TPSA) is 25.0 Å². The van der Waals surface area contributed by atoms with Crippen molar-refractivity contribution in [1.82, 2.24) is 10.4 Å². The van der Waals surface area contributed by atoms with E-state index in [2.05, 4.69) is 10.4 Å². The van der Waals surface area contributed by atoms with Gasteiger partial charge in [0, 0.05) is 6.54 Å². The van der Waals surface area contributed by atoms with Gasteiger partial charge in [0.15, 0.2) is 0 Å². The molecule has 46 valence electrons. The number of nitrogens with zero attached hydrogens (tertiary/aromatic N) is 1. The lowest BCUT2D eigenvalue weighted by molar-refractivity contribution is 0.484. The Bertz CT molecular complexity index is 82.5. The Labute approximate surface area is 49.8 Å². The third-order valence-corrected chi connectivity index (χ3v) is 2.00. The SMILES string of the molecule is C1CCC2N[N@]2CC1. The van der Waals surface area contributed by atoms with E-state index in [4.69, 9.17) is 0 Å². The lowest BCUT2D eigenvalue weighted by Gasteiger charge is -1.92. The maximum absolute atomic E-state index is 3.30. The molecule has 2 nitrogen and oxygen atoms in total. The third kappa shape index (κ3) is 0.740. The molecule has 2 aliphatic rings. The van der Waals surface area contributed by atoms with E-state index in [0.717, 1.165) is 6.17 Å². The molecule has 0 aliphatic carbocycles. The number of fused-ring (bicyclic) bond motifs is 1. The fourth-order valence-electron chi connectivity index (χ4n) is 1.40. The van der Waals surface area contributed by atoms with Crippen molar-refractivity contribution in [2.45, 2.75) is 31.8 Å². The van der Waals surface area contributed by atoms with Crippen LogP contribution in [0.1, 0.15) is 25.7 Å². The number of hydrogen-bond acceptors (Lipinski definition) is 2. The smallest absolute Gasteiger partial charge is 0.0863 e. The van der Waals surface area contributed by atoms with Crippen molar-refractivity contribution >= 4 is 0 Å². The maximum atomic E-state index is 3.30. The molecule has 1 N–H and O–H groups in total. The van der Waals surface area contributed by atoms with Gasteiger partial charge in [0.05, 0.1) is 6.17 Å². The van der Waals surface area contributed by atoms with Crippen LogP contribution in [0, 0.1) is 0 Å². The second-order valence-corrected chi connectivity index (χ2v) is 2.69. The summed E-state index contributed by atoms with van der Waals surface area (Å²) in [6.07, 6.45) is 6.41. The molecule has 0 radical (unpaired) electrons. The normalized spacial score (nSPS) is 45.0. The minimum atomic E-state index is 0.775. The summed E-state index contributed by atoms with van der Waals surface area (Å²) < 4.78 is 0. The lowest BCUT2D eigenvalue weighted by Crippen LogP contribution is -2.01. The van der Waals surface area contributed by atoms with Crippen LogP contribution in [0.4, 0.5) is 0 Å². The van der Waals surface area contributed by atoms with Crippen LogP contribution in [-0.4, -0.2) is 17.7 Å². The quantitative estimate of drug-likeness (QED) is 0.467. The molecule has 2 fully saturated rings. The fraction of sp³-hybridized carbons (Fsp3) is 1.00. The number of hydrogen-bond donors (Lipinski definition) is 1. The molecule has 8 heavy (non-hydrogen) atoms. The zero-order valence-corrected chi connectivity index (χ0v) is 5.06. The van der Waals surface area contributed by atoms with Gasteiger partial charge in [-0.15, -0.1) is 0 Å². The van der Waals surface area contributed by atoms with Crippen molar-refractivity contribution in [3.05, 3.63) is 0 Å². The molecular formula is C6H12N2. The van der Waals surface area contributed by atoms with Gasteiger partial charge >= 0.3 is 0 Å². The molecule has 2 heterocycles. The molecule has 0 aromatic rings. The summed E-state index contributed by atoms with van der Waals surface area (Å²) in [7, 11) is 0. The highest BCUT2D eigenvalue weighted by Gasteiger charge is 2.32. The molecule has 2 aliphatic heterocycles. The Morgan fingerprint density at radius 3 is 3.25 bits per heavy atom. The summed E-state index contributed by atoms with van der Waals surface area (Å²) in [5, 5.41) is 2.34. The second kappa shape index (κ2) is 1.71. The third-order valence-electron chi connectivity index (χ3n) is 2.00. The van der Waals surface area contributed by atoms with E-state index in [-0.39, 0.29) is 0 Å². The molecule has 0 amide bonds. The Morgan fingerprint density at radius 1 is 1.25 bits per heavy atom. The van der Waals surface area contributed by atoms with E-state index in [1.807, 2.05) is 0 Å². The summed E-state index contributed by atoms with van der Waals surface area (Å²) in [6.45, 7) is 1.28. The molecule has 2 atom stereocenters. The van der Waals surface area contributed by atoms with E-state index >= 15 is 0 Å². The second-order valence-electron chi connectivity index (χ2n) is 2.69. The highest BCUT2D eigenvalue weighted by atomic mass is 15.7. The van der Waals surface area contributed by atoms with Crippen LogP contribution in [0.5, 0.6) is 0 Å². The Hall–Kier alpha value is -0.0800. The highest BCUT2D eigenvalue weighted by Crippen LogP contribution is 2.21. The molecule has 2 heteroatoms. The zero-order valence-electron chi connectivity index (χ0n) is 5.06. The first-order chi connectivity index (χ1) is 3.97. The molecular weight excluding hydrogens is 100 g/mol. The minimum absolute atomic E-state index is 0.775. The maximum Gasteiger partial charge on any atom is 0.0863 e. The van der Waals surface area contributed by atoms with Crippen molar-refractivity contribution in [2.24, 2.45) is 0 Å². The van der Waals surface area contributed by atoms with E-state index in [0.29, 0.717) is 0 Å². The van der Waals surface area contributed by atoms with E-state index in [1.165, 1.54) is 32.2 Å². The van der Waals surface area contributed by atoms with Gasteiger partial charge in [0.25, 0.3) is 0 Å². The van der Waals surface area contributed by atoms with Crippen LogP contribution in [0.25, 0.3) is 0 Å². The summed E-state index contributed by atoms with van der Waals surface area (Å²) in [5.74, 6) is 0. The molecule has 1 unspecified atom stereocenters. The van der Waals surface area contributed by atoms with Gasteiger partial charge < -0.3 is 0 Å². The lowest BCUT2D eigenvalue weighted by atomic mass is 10.2. The number of nitrogens with one attached hydrogen (secondary N) is 1. The number of hydrazine groups is 1. The zero-order chi connectivity index (χ0) is 5.40. The van der Waals surface area contributed by atoms with Crippen LogP contribution >= 0.6 is 0 Å². The molecule has 2 saturated heterocycles. The predicted octanol–water partition coefficient (Wildman–Crippen LogP) is 0.707. The summed E-state index contributed by atoms with van der Waals surface area (Å²) in [5.41, 5.74) is 3.30. The Kier molecular flexibility index (Phi) is 1.02. The van der Waals surface area contributed by atoms with Crippen LogP contribution in [-0.2, 0) is 0 Å². The van der Waals surface area contributed by atoms with E-state index in [1.54, 1.807) is 0 Å². The highest BCUT2D eigenvalue weighted by molar-refractivity contribution is 4.80. The standard InChI is InChI=1S/C6H12N2/c1-2-4-6-7-8(6)5-3-1/h6-7H,1-5H2/t6?,8-/m1/s1. The Morgan fingerprint density at radius 2 is 2.25 bits per heavy atom. The summed E-state index contributed by atoms with van der Waals surface area (Å²) in [6, 6.07) is 0. The van der Waals surface area contributed by atoms with Gasteiger partial charge in [-0.25, -0.2) is 10.4 Å². The van der Waals surface area contributed by atoms with Crippen molar-refractivity contribution in [3.63, 3.8) is 0 Å². The fourth-order valence-corrected chi connectivity index (χ4v) is 1.40. The largest absolute Gasteiger partial charge is 0.235 e. The molecule has 0 bridgehead atoms. The first-order valence-corrected chi connectivity index (χ1v) is 3.49. The van der Waals surface area contributed by atoms with Gasteiger partial charge in [-0.05, 0) is 12.8 Å². The van der Waals surface area contributed by atoms with Gasteiger partial charge in [-0.3, -0.25) is 0 Å². The average molecular weight is 112 g/mol. The van der Waals surface area contributed by atoms with Crippen molar-refractivity contribution in [1.29, 1.82) is 0 Å². The van der Waals surface area contributed by atoms with E-state index < -0.39 is 0 Å². The molecule has 0 aromatic carbocycles. The summed E-state index contributed by atoms with van der Waals surface area (Å²) >= 11 is 0. The molecule has 2 rings (SSSR count). The van der Waals surface area contributed by atoms with Crippen LogP contribution < -0.4 is 5.43 Å². The first kappa shape index (κ1) is 4.77. The predicted molar refractivity (Wildman–Crippen MR) is 32.1 cm³/mol. The first-order valence-electron chi connectivity index (χ1n) is 3.49. The molecule has 0 saturated carbocycles. The van der Waals surface area contributed by atoms with Gasteiger partial charge in [-0.2, -0.15) is 0 Å². The van der Waals surface area contributed by atoms with Crippen LogP contribution in [0.15, 0.2) is 0 Å². The molecule has 0 aromatic heterocycles. The van der Waals surface area contributed by atoms with Crippen molar-refractivity contribution < 1.29 is 0 Å². The monoisotopic (exact) mass is 112 g/mol. The van der Waals surface area contributed by atoms with Gasteiger partial charge in [-0.1, -0.05) is 12.8 Å². The average Bonchev–Trinajstić information content (AvgIpc) is 2.36.